The van der Waals surface area contributed by atoms with Crippen molar-refractivity contribution in [3.8, 4) is 0 Å². The maximum absolute atomic E-state index is 12.8. The Hall–Kier alpha value is -2.60. The van der Waals surface area contributed by atoms with Crippen LogP contribution < -0.4 is 16.4 Å². The summed E-state index contributed by atoms with van der Waals surface area (Å²) in [5, 5.41) is 7.90. The highest BCUT2D eigenvalue weighted by Gasteiger charge is 2.25. The van der Waals surface area contributed by atoms with Crippen molar-refractivity contribution in [3.05, 3.63) is 48.0 Å². The molecule has 0 saturated carbocycles. The second-order valence-corrected chi connectivity index (χ2v) is 7.93. The molecule has 0 aliphatic rings. The molecule has 152 valence electrons. The lowest BCUT2D eigenvalue weighted by atomic mass is 9.99. The minimum atomic E-state index is -0.698. The normalized spacial score (nSPS) is 13.6. The predicted molar refractivity (Wildman–Crippen MR) is 112 cm³/mol. The van der Waals surface area contributed by atoms with E-state index in [9.17, 15) is 9.59 Å². The largest absolute Gasteiger partial charge is 0.444 e. The van der Waals surface area contributed by atoms with E-state index in [0.717, 1.165) is 16.3 Å². The molecule has 2 aromatic rings. The van der Waals surface area contributed by atoms with E-state index in [1.54, 1.807) is 20.8 Å². The summed E-state index contributed by atoms with van der Waals surface area (Å²) in [7, 11) is 0. The van der Waals surface area contributed by atoms with Crippen molar-refractivity contribution in [1.29, 1.82) is 0 Å². The summed E-state index contributed by atoms with van der Waals surface area (Å²) >= 11 is 0. The molecule has 0 aromatic heterocycles. The molecule has 0 unspecified atom stereocenters. The lowest BCUT2D eigenvalue weighted by molar-refractivity contribution is -0.124. The Balaban J connectivity index is 2.11. The van der Waals surface area contributed by atoms with E-state index in [2.05, 4.69) is 10.6 Å². The summed E-state index contributed by atoms with van der Waals surface area (Å²) in [6.45, 7) is 7.73. The summed E-state index contributed by atoms with van der Waals surface area (Å²) in [6, 6.07) is 13.2. The van der Waals surface area contributed by atoms with Gasteiger partial charge in [0.15, 0.2) is 0 Å². The second-order valence-electron chi connectivity index (χ2n) is 7.93. The number of rotatable bonds is 7. The highest BCUT2D eigenvalue weighted by Crippen LogP contribution is 2.24. The van der Waals surface area contributed by atoms with Gasteiger partial charge in [-0.05, 0) is 63.4 Å². The molecule has 0 aliphatic heterocycles. The van der Waals surface area contributed by atoms with Gasteiger partial charge in [0.2, 0.25) is 5.91 Å². The Kier molecular flexibility index (Phi) is 7.40. The number of hydrogen-bond acceptors (Lipinski definition) is 4. The maximum Gasteiger partial charge on any atom is 0.408 e. The van der Waals surface area contributed by atoms with Crippen molar-refractivity contribution in [3.63, 3.8) is 0 Å². The second kappa shape index (κ2) is 9.55. The average molecular weight is 386 g/mol. The summed E-state index contributed by atoms with van der Waals surface area (Å²) in [5.74, 6) is -0.250. The van der Waals surface area contributed by atoms with Gasteiger partial charge in [0.05, 0.1) is 6.04 Å². The number of fused-ring (bicyclic) bond motifs is 1. The molecule has 4 N–H and O–H groups in total. The van der Waals surface area contributed by atoms with Crippen LogP contribution in [0.4, 0.5) is 4.79 Å². The Bertz CT molecular complexity index is 809. The topological polar surface area (TPSA) is 93.5 Å². The zero-order valence-corrected chi connectivity index (χ0v) is 17.1. The fourth-order valence-electron chi connectivity index (χ4n) is 3.06. The van der Waals surface area contributed by atoms with Gasteiger partial charge in [0.1, 0.15) is 11.6 Å². The SMILES string of the molecule is C[C@H](NC(=O)[C@H](CCCN)NC(=O)OC(C)(C)C)c1cccc2ccccc12. The molecule has 0 bridgehead atoms. The van der Waals surface area contributed by atoms with Gasteiger partial charge >= 0.3 is 6.09 Å². The first-order valence-corrected chi connectivity index (χ1v) is 9.69. The van der Waals surface area contributed by atoms with Crippen LogP contribution in [0.3, 0.4) is 0 Å². The van der Waals surface area contributed by atoms with Crippen LogP contribution in [0, 0.1) is 0 Å². The zero-order valence-electron chi connectivity index (χ0n) is 17.1. The van der Waals surface area contributed by atoms with Crippen molar-refractivity contribution < 1.29 is 14.3 Å². The van der Waals surface area contributed by atoms with Gasteiger partial charge in [-0.15, -0.1) is 0 Å². The first kappa shape index (κ1) is 21.7. The molecule has 0 heterocycles. The molecule has 2 amide bonds. The maximum atomic E-state index is 12.8. The average Bonchev–Trinajstić information content (AvgIpc) is 2.63. The van der Waals surface area contributed by atoms with Gasteiger partial charge < -0.3 is 21.1 Å². The highest BCUT2D eigenvalue weighted by molar-refractivity contribution is 5.88. The lowest BCUT2D eigenvalue weighted by Crippen LogP contribution is -2.48. The van der Waals surface area contributed by atoms with Gasteiger partial charge in [-0.2, -0.15) is 0 Å². The van der Waals surface area contributed by atoms with Gasteiger partial charge in [0.25, 0.3) is 0 Å². The number of ether oxygens (including phenoxy) is 1. The van der Waals surface area contributed by atoms with E-state index in [0.29, 0.717) is 19.4 Å². The Morgan fingerprint density at radius 3 is 2.43 bits per heavy atom. The summed E-state index contributed by atoms with van der Waals surface area (Å²) in [4.78, 5) is 25.0. The van der Waals surface area contributed by atoms with E-state index in [1.165, 1.54) is 0 Å². The number of nitrogens with two attached hydrogens (primary N) is 1. The molecule has 6 nitrogen and oxygen atoms in total. The minimum absolute atomic E-state index is 0.209. The van der Waals surface area contributed by atoms with Crippen LogP contribution in [0.5, 0.6) is 0 Å². The van der Waals surface area contributed by atoms with Crippen molar-refractivity contribution in [1.82, 2.24) is 10.6 Å². The van der Waals surface area contributed by atoms with Crippen LogP contribution in [0.1, 0.15) is 52.1 Å². The van der Waals surface area contributed by atoms with Crippen molar-refractivity contribution >= 4 is 22.8 Å². The zero-order chi connectivity index (χ0) is 20.7. The summed E-state index contributed by atoms with van der Waals surface area (Å²) < 4.78 is 5.28. The van der Waals surface area contributed by atoms with E-state index in [-0.39, 0.29) is 11.9 Å². The van der Waals surface area contributed by atoms with Crippen LogP contribution in [0.15, 0.2) is 42.5 Å². The first-order valence-electron chi connectivity index (χ1n) is 9.69. The summed E-state index contributed by atoms with van der Waals surface area (Å²) in [5.41, 5.74) is 5.99. The van der Waals surface area contributed by atoms with E-state index in [4.69, 9.17) is 10.5 Å². The number of nitrogens with one attached hydrogen (secondary N) is 2. The Morgan fingerprint density at radius 1 is 1.07 bits per heavy atom. The lowest BCUT2D eigenvalue weighted by Gasteiger charge is -2.25. The van der Waals surface area contributed by atoms with Crippen LogP contribution in [-0.4, -0.2) is 30.2 Å². The third-order valence-corrected chi connectivity index (χ3v) is 4.35. The standard InChI is InChI=1S/C22H31N3O3/c1-15(17-12-7-10-16-9-5-6-11-18(16)17)24-20(26)19(13-8-14-23)25-21(27)28-22(2,3)4/h5-7,9-12,15,19H,8,13-14,23H2,1-4H3,(H,24,26)(H,25,27)/t15-,19-/m0/s1. The first-order chi connectivity index (χ1) is 13.2. The van der Waals surface area contributed by atoms with Crippen molar-refractivity contribution in [2.75, 3.05) is 6.54 Å². The molecule has 0 saturated heterocycles. The molecule has 2 rings (SSSR count). The molecular weight excluding hydrogens is 354 g/mol. The van der Waals surface area contributed by atoms with Crippen LogP contribution in [-0.2, 0) is 9.53 Å². The monoisotopic (exact) mass is 385 g/mol. The molecule has 0 aliphatic carbocycles. The number of amides is 2. The number of carbonyl (C=O) groups is 2. The van der Waals surface area contributed by atoms with Crippen molar-refractivity contribution in [2.45, 2.75) is 58.2 Å². The Labute approximate surface area is 166 Å². The fourth-order valence-corrected chi connectivity index (χ4v) is 3.06. The van der Waals surface area contributed by atoms with E-state index in [1.807, 2.05) is 49.4 Å². The number of benzene rings is 2. The molecule has 2 atom stereocenters. The highest BCUT2D eigenvalue weighted by atomic mass is 16.6. The van der Waals surface area contributed by atoms with Crippen molar-refractivity contribution in [2.24, 2.45) is 5.73 Å². The summed E-state index contributed by atoms with van der Waals surface area (Å²) in [6.07, 6.45) is 0.461. The smallest absolute Gasteiger partial charge is 0.408 e. The van der Waals surface area contributed by atoms with Crippen LogP contribution >= 0.6 is 0 Å². The number of hydrogen-bond donors (Lipinski definition) is 3. The molecule has 0 radical (unpaired) electrons. The van der Waals surface area contributed by atoms with Gasteiger partial charge in [-0.1, -0.05) is 42.5 Å². The van der Waals surface area contributed by atoms with E-state index >= 15 is 0 Å². The van der Waals surface area contributed by atoms with Gasteiger partial charge in [-0.25, -0.2) is 4.79 Å². The van der Waals surface area contributed by atoms with Crippen LogP contribution in [0.2, 0.25) is 0 Å². The quantitative estimate of drug-likeness (QED) is 0.678. The predicted octanol–water partition coefficient (Wildman–Crippen LogP) is 3.65. The minimum Gasteiger partial charge on any atom is -0.444 e. The third-order valence-electron chi connectivity index (χ3n) is 4.35. The Morgan fingerprint density at radius 2 is 1.75 bits per heavy atom. The molecular formula is C22H31N3O3. The van der Waals surface area contributed by atoms with Gasteiger partial charge in [-0.3, -0.25) is 4.79 Å². The molecule has 2 aromatic carbocycles. The van der Waals surface area contributed by atoms with Gasteiger partial charge in [0, 0.05) is 0 Å². The molecule has 0 fully saturated rings. The third kappa shape index (κ3) is 6.23. The fraction of sp³-hybridized carbons (Fsp3) is 0.455. The van der Waals surface area contributed by atoms with E-state index < -0.39 is 17.7 Å². The number of alkyl carbamates (subject to hydrolysis) is 1. The van der Waals surface area contributed by atoms with Crippen LogP contribution in [0.25, 0.3) is 10.8 Å². The molecule has 28 heavy (non-hydrogen) atoms. The number of carbonyl (C=O) groups excluding carboxylic acids is 2. The molecule has 6 heteroatoms. The molecule has 0 spiro atoms.